The summed E-state index contributed by atoms with van der Waals surface area (Å²) >= 11 is 12.1. The normalized spacial score (nSPS) is 11.1. The molecule has 6 heteroatoms. The second kappa shape index (κ2) is 6.86. The minimum absolute atomic E-state index is 0.382. The van der Waals surface area contributed by atoms with Gasteiger partial charge < -0.3 is 4.74 Å². The molecule has 1 aromatic heterocycles. The average molecular weight is 346 g/mol. The van der Waals surface area contributed by atoms with Gasteiger partial charge in [0, 0.05) is 22.0 Å². The molecular formula is C17H13Cl2N3O. The molecule has 0 amide bonds. The molecule has 116 valence electrons. The number of halogens is 2. The molecule has 0 aliphatic carbocycles. The van der Waals surface area contributed by atoms with Gasteiger partial charge in [0.25, 0.3) is 0 Å². The van der Waals surface area contributed by atoms with Gasteiger partial charge in [-0.15, -0.1) is 0 Å². The highest BCUT2D eigenvalue weighted by Gasteiger charge is 2.04. The molecule has 0 aliphatic heterocycles. The zero-order chi connectivity index (χ0) is 16.2. The fraction of sp³-hybridized carbons (Fsp3) is 0.0588. The van der Waals surface area contributed by atoms with Crippen LogP contribution in [-0.2, 0) is 0 Å². The Morgan fingerprint density at radius 1 is 1.09 bits per heavy atom. The number of benzene rings is 2. The highest BCUT2D eigenvalue weighted by Crippen LogP contribution is 2.23. The molecule has 0 radical (unpaired) electrons. The Bertz CT molecular complexity index is 864. The van der Waals surface area contributed by atoms with E-state index in [9.17, 15) is 0 Å². The van der Waals surface area contributed by atoms with E-state index in [-0.39, 0.29) is 0 Å². The maximum atomic E-state index is 6.21. The molecule has 0 bridgehead atoms. The van der Waals surface area contributed by atoms with Crippen LogP contribution in [0.3, 0.4) is 0 Å². The Hall–Kier alpha value is -2.30. The Balaban J connectivity index is 1.83. The van der Waals surface area contributed by atoms with Crippen molar-refractivity contribution in [2.45, 2.75) is 0 Å². The highest BCUT2D eigenvalue weighted by molar-refractivity contribution is 6.32. The van der Waals surface area contributed by atoms with Gasteiger partial charge in [-0.05, 0) is 42.5 Å². The van der Waals surface area contributed by atoms with Crippen LogP contribution < -0.4 is 10.2 Å². The van der Waals surface area contributed by atoms with Gasteiger partial charge in [-0.2, -0.15) is 5.10 Å². The maximum absolute atomic E-state index is 6.21. The molecule has 0 fully saturated rings. The van der Waals surface area contributed by atoms with Gasteiger partial charge in [0.05, 0.1) is 24.5 Å². The second-order valence-electron chi connectivity index (χ2n) is 4.80. The van der Waals surface area contributed by atoms with Crippen LogP contribution >= 0.6 is 23.2 Å². The number of hydrogen-bond acceptors (Lipinski definition) is 4. The molecule has 2 aromatic carbocycles. The largest absolute Gasteiger partial charge is 0.497 e. The first-order valence-corrected chi connectivity index (χ1v) is 7.60. The summed E-state index contributed by atoms with van der Waals surface area (Å²) in [5.74, 6) is 0.742. The van der Waals surface area contributed by atoms with E-state index in [2.05, 4.69) is 15.5 Å². The number of anilines is 1. The number of ether oxygens (including phenoxy) is 1. The Kier molecular flexibility index (Phi) is 4.65. The van der Waals surface area contributed by atoms with Gasteiger partial charge in [-0.25, -0.2) is 4.98 Å². The molecule has 4 nitrogen and oxygen atoms in total. The summed E-state index contributed by atoms with van der Waals surface area (Å²) in [5.41, 5.74) is 5.25. The van der Waals surface area contributed by atoms with Gasteiger partial charge in [-0.1, -0.05) is 23.2 Å². The van der Waals surface area contributed by atoms with Crippen LogP contribution in [0.5, 0.6) is 5.75 Å². The van der Waals surface area contributed by atoms with E-state index in [1.807, 2.05) is 36.4 Å². The zero-order valence-corrected chi connectivity index (χ0v) is 13.8. The first-order valence-electron chi connectivity index (χ1n) is 6.84. The van der Waals surface area contributed by atoms with Crippen molar-refractivity contribution in [2.75, 3.05) is 12.5 Å². The monoisotopic (exact) mass is 345 g/mol. The molecule has 0 spiro atoms. The Morgan fingerprint density at radius 3 is 2.61 bits per heavy atom. The van der Waals surface area contributed by atoms with Crippen molar-refractivity contribution in [1.82, 2.24) is 4.98 Å². The SMILES string of the molecule is COc1ccc2cc(/C=N\Nc3ccc(Cl)cc3)c(Cl)nc2c1. The number of aromatic nitrogens is 1. The highest BCUT2D eigenvalue weighted by atomic mass is 35.5. The molecule has 0 saturated heterocycles. The summed E-state index contributed by atoms with van der Waals surface area (Å²) in [6, 6.07) is 14.8. The fourth-order valence-corrected chi connectivity index (χ4v) is 2.38. The summed E-state index contributed by atoms with van der Waals surface area (Å²) in [6.07, 6.45) is 1.63. The number of nitrogens with one attached hydrogen (secondary N) is 1. The van der Waals surface area contributed by atoms with E-state index >= 15 is 0 Å². The standard InChI is InChI=1S/C17H13Cl2N3O/c1-23-15-7-2-11-8-12(17(19)21-16(11)9-15)10-20-22-14-5-3-13(18)4-6-14/h2-10,22H,1H3/b20-10-. The van der Waals surface area contributed by atoms with Crippen LogP contribution in [0.1, 0.15) is 5.56 Å². The summed E-state index contributed by atoms with van der Waals surface area (Å²) in [6.45, 7) is 0. The van der Waals surface area contributed by atoms with Crippen molar-refractivity contribution >= 4 is 46.0 Å². The number of hydrazone groups is 1. The number of nitrogens with zero attached hydrogens (tertiary/aromatic N) is 2. The van der Waals surface area contributed by atoms with Gasteiger partial charge in [0.2, 0.25) is 0 Å². The number of methoxy groups -OCH3 is 1. The predicted molar refractivity (Wildman–Crippen MR) is 96.0 cm³/mol. The van der Waals surface area contributed by atoms with Gasteiger partial charge in [0.15, 0.2) is 0 Å². The third-order valence-corrected chi connectivity index (χ3v) is 3.80. The molecular weight excluding hydrogens is 333 g/mol. The van der Waals surface area contributed by atoms with Gasteiger partial charge >= 0.3 is 0 Å². The zero-order valence-electron chi connectivity index (χ0n) is 12.3. The number of pyridine rings is 1. The van der Waals surface area contributed by atoms with E-state index in [4.69, 9.17) is 27.9 Å². The summed E-state index contributed by atoms with van der Waals surface area (Å²) in [7, 11) is 1.62. The Labute approximate surface area is 143 Å². The van der Waals surface area contributed by atoms with Crippen molar-refractivity contribution in [1.29, 1.82) is 0 Å². The van der Waals surface area contributed by atoms with Crippen LogP contribution in [0, 0.1) is 0 Å². The molecule has 0 unspecified atom stereocenters. The quantitative estimate of drug-likeness (QED) is 0.411. The molecule has 0 aliphatic rings. The van der Waals surface area contributed by atoms with E-state index in [0.29, 0.717) is 10.2 Å². The van der Waals surface area contributed by atoms with Crippen LogP contribution in [0.4, 0.5) is 5.69 Å². The first kappa shape index (κ1) is 15.6. The summed E-state index contributed by atoms with van der Waals surface area (Å²) in [4.78, 5) is 4.37. The molecule has 0 atom stereocenters. The third-order valence-electron chi connectivity index (χ3n) is 3.25. The topological polar surface area (TPSA) is 46.5 Å². The van der Waals surface area contributed by atoms with Crippen molar-refractivity contribution in [3.05, 3.63) is 64.3 Å². The van der Waals surface area contributed by atoms with Gasteiger partial charge in [0.1, 0.15) is 10.9 Å². The first-order chi connectivity index (χ1) is 11.2. The molecule has 1 heterocycles. The van der Waals surface area contributed by atoms with Crippen molar-refractivity contribution in [3.8, 4) is 5.75 Å². The lowest BCUT2D eigenvalue weighted by Gasteiger charge is -2.05. The lowest BCUT2D eigenvalue weighted by Crippen LogP contribution is -1.93. The lowest BCUT2D eigenvalue weighted by atomic mass is 10.1. The van der Waals surface area contributed by atoms with Gasteiger partial charge in [-0.3, -0.25) is 5.43 Å². The van der Waals surface area contributed by atoms with E-state index in [1.54, 1.807) is 25.5 Å². The number of hydrogen-bond donors (Lipinski definition) is 1. The molecule has 0 saturated carbocycles. The van der Waals surface area contributed by atoms with Crippen LogP contribution in [0.2, 0.25) is 10.2 Å². The van der Waals surface area contributed by atoms with Crippen LogP contribution in [-0.4, -0.2) is 18.3 Å². The molecule has 1 N–H and O–H groups in total. The molecule has 3 aromatic rings. The predicted octanol–water partition coefficient (Wildman–Crippen LogP) is 5.00. The molecule has 23 heavy (non-hydrogen) atoms. The van der Waals surface area contributed by atoms with Crippen molar-refractivity contribution in [2.24, 2.45) is 5.10 Å². The van der Waals surface area contributed by atoms with Crippen molar-refractivity contribution in [3.63, 3.8) is 0 Å². The van der Waals surface area contributed by atoms with E-state index < -0.39 is 0 Å². The fourth-order valence-electron chi connectivity index (χ4n) is 2.06. The summed E-state index contributed by atoms with van der Waals surface area (Å²) in [5, 5.41) is 6.20. The maximum Gasteiger partial charge on any atom is 0.138 e. The Morgan fingerprint density at radius 2 is 1.87 bits per heavy atom. The smallest absolute Gasteiger partial charge is 0.138 e. The minimum atomic E-state index is 0.382. The van der Waals surface area contributed by atoms with E-state index in [0.717, 1.165) is 27.9 Å². The minimum Gasteiger partial charge on any atom is -0.497 e. The number of rotatable bonds is 4. The van der Waals surface area contributed by atoms with Crippen LogP contribution in [0.25, 0.3) is 10.9 Å². The van der Waals surface area contributed by atoms with E-state index in [1.165, 1.54) is 0 Å². The lowest BCUT2D eigenvalue weighted by molar-refractivity contribution is 0.415. The number of fused-ring (bicyclic) bond motifs is 1. The third kappa shape index (κ3) is 3.73. The van der Waals surface area contributed by atoms with Crippen LogP contribution in [0.15, 0.2) is 53.6 Å². The second-order valence-corrected chi connectivity index (χ2v) is 5.60. The molecule has 3 rings (SSSR count). The average Bonchev–Trinajstić information content (AvgIpc) is 2.56. The summed E-state index contributed by atoms with van der Waals surface area (Å²) < 4.78 is 5.19. The van der Waals surface area contributed by atoms with Crippen molar-refractivity contribution < 1.29 is 4.74 Å².